The van der Waals surface area contributed by atoms with E-state index in [0.717, 1.165) is 5.56 Å². The van der Waals surface area contributed by atoms with Gasteiger partial charge in [-0.05, 0) is 5.56 Å². The summed E-state index contributed by atoms with van der Waals surface area (Å²) in [7, 11) is 0. The van der Waals surface area contributed by atoms with E-state index in [0.29, 0.717) is 5.75 Å². The van der Waals surface area contributed by atoms with Gasteiger partial charge in [0, 0.05) is 18.2 Å². The molecule has 0 saturated carbocycles. The average molecular weight is 288 g/mol. The van der Waals surface area contributed by atoms with Crippen LogP contribution in [0.4, 0.5) is 0 Å². The number of hydrogen-bond acceptors (Lipinski definition) is 4. The lowest BCUT2D eigenvalue weighted by molar-refractivity contribution is -0.140. The van der Waals surface area contributed by atoms with Crippen molar-refractivity contribution >= 4 is 29.9 Å². The van der Waals surface area contributed by atoms with Crippen LogP contribution in [0.15, 0.2) is 47.1 Å². The molecule has 1 saturated heterocycles. The first-order valence-electron chi connectivity index (χ1n) is 6.13. The van der Waals surface area contributed by atoms with Crippen molar-refractivity contribution in [3.8, 4) is 0 Å². The molecule has 0 aliphatic carbocycles. The molecule has 2 heterocycles. The number of hydrogen-bond donors (Lipinski definition) is 1. The van der Waals surface area contributed by atoms with Gasteiger partial charge in [0.2, 0.25) is 0 Å². The number of carbonyl (C=O) groups is 2. The Hall–Kier alpha value is -2.08. The number of rotatable bonds is 3. The van der Waals surface area contributed by atoms with Crippen LogP contribution in [0.1, 0.15) is 5.56 Å². The van der Waals surface area contributed by atoms with E-state index in [2.05, 4.69) is 4.99 Å². The standard InChI is InChI=1S/C14H12N2O3S/c17-12-11(15-6-9-4-2-1-3-5-9)13-16(12)7-10(8-20-13)14(18)19/h1-7,11,13H,8H2,(H,18,19)/t11?,13-/m1/s1. The minimum Gasteiger partial charge on any atom is -0.478 e. The number of fused-ring (bicyclic) bond motifs is 1. The van der Waals surface area contributed by atoms with Crippen molar-refractivity contribution in [1.29, 1.82) is 0 Å². The molecule has 5 nitrogen and oxygen atoms in total. The number of carboxylic acids is 1. The van der Waals surface area contributed by atoms with Crippen molar-refractivity contribution in [3.05, 3.63) is 47.7 Å². The zero-order valence-corrected chi connectivity index (χ0v) is 11.3. The van der Waals surface area contributed by atoms with Crippen LogP contribution in [0.25, 0.3) is 0 Å². The van der Waals surface area contributed by atoms with Gasteiger partial charge in [0.25, 0.3) is 5.91 Å². The Bertz CT molecular complexity index is 612. The zero-order valence-electron chi connectivity index (χ0n) is 10.5. The highest BCUT2D eigenvalue weighted by Crippen LogP contribution is 2.37. The summed E-state index contributed by atoms with van der Waals surface area (Å²) in [5.41, 5.74) is 1.20. The second-order valence-electron chi connectivity index (χ2n) is 4.54. The number of carboxylic acid groups (broad SMARTS) is 1. The molecule has 2 aliphatic heterocycles. The van der Waals surface area contributed by atoms with Gasteiger partial charge in [-0.3, -0.25) is 9.79 Å². The Morgan fingerprint density at radius 1 is 1.40 bits per heavy atom. The molecule has 1 aromatic rings. The maximum absolute atomic E-state index is 11.9. The van der Waals surface area contributed by atoms with Crippen molar-refractivity contribution in [3.63, 3.8) is 0 Å². The third-order valence-electron chi connectivity index (χ3n) is 3.21. The molecule has 1 aromatic carbocycles. The highest BCUT2D eigenvalue weighted by atomic mass is 32.2. The lowest BCUT2D eigenvalue weighted by atomic mass is 10.1. The Kier molecular flexibility index (Phi) is 3.31. The third-order valence-corrected chi connectivity index (χ3v) is 4.52. The summed E-state index contributed by atoms with van der Waals surface area (Å²) in [6.45, 7) is 0. The van der Waals surface area contributed by atoms with Crippen molar-refractivity contribution in [2.45, 2.75) is 11.4 Å². The van der Waals surface area contributed by atoms with E-state index in [9.17, 15) is 9.59 Å². The number of β-lactam (4-membered cyclic amide) rings is 1. The Morgan fingerprint density at radius 2 is 2.15 bits per heavy atom. The minimum atomic E-state index is -0.972. The second-order valence-corrected chi connectivity index (χ2v) is 5.65. The van der Waals surface area contributed by atoms with Gasteiger partial charge in [0.15, 0.2) is 6.04 Å². The van der Waals surface area contributed by atoms with Gasteiger partial charge in [-0.15, -0.1) is 11.8 Å². The largest absolute Gasteiger partial charge is 0.478 e. The topological polar surface area (TPSA) is 70.0 Å². The average Bonchev–Trinajstić information content (AvgIpc) is 2.47. The predicted molar refractivity (Wildman–Crippen MR) is 76.6 cm³/mol. The lowest BCUT2D eigenvalue weighted by Gasteiger charge is -2.45. The molecule has 3 rings (SSSR count). The maximum Gasteiger partial charge on any atom is 0.333 e. The monoisotopic (exact) mass is 288 g/mol. The Balaban J connectivity index is 1.72. The first-order valence-corrected chi connectivity index (χ1v) is 7.17. The van der Waals surface area contributed by atoms with Gasteiger partial charge >= 0.3 is 5.97 Å². The van der Waals surface area contributed by atoms with Crippen molar-refractivity contribution in [2.24, 2.45) is 4.99 Å². The molecule has 0 aromatic heterocycles. The molecular formula is C14H12N2O3S. The molecule has 0 spiro atoms. The van der Waals surface area contributed by atoms with Crippen LogP contribution >= 0.6 is 11.8 Å². The van der Waals surface area contributed by atoms with Gasteiger partial charge in [-0.2, -0.15) is 0 Å². The van der Waals surface area contributed by atoms with E-state index in [4.69, 9.17) is 5.11 Å². The molecule has 0 radical (unpaired) electrons. The summed E-state index contributed by atoms with van der Waals surface area (Å²) in [6.07, 6.45) is 3.12. The Morgan fingerprint density at radius 3 is 2.85 bits per heavy atom. The smallest absolute Gasteiger partial charge is 0.333 e. The van der Waals surface area contributed by atoms with Crippen LogP contribution in [0, 0.1) is 0 Å². The fourth-order valence-electron chi connectivity index (χ4n) is 2.12. The summed E-state index contributed by atoms with van der Waals surface area (Å²) in [5.74, 6) is -0.714. The molecule has 2 atom stereocenters. The molecule has 2 aliphatic rings. The van der Waals surface area contributed by atoms with Gasteiger partial charge in [-0.1, -0.05) is 30.3 Å². The van der Waals surface area contributed by atoms with E-state index in [1.165, 1.54) is 22.9 Å². The van der Waals surface area contributed by atoms with Crippen LogP contribution in [0.3, 0.4) is 0 Å². The van der Waals surface area contributed by atoms with Crippen LogP contribution < -0.4 is 0 Å². The van der Waals surface area contributed by atoms with E-state index < -0.39 is 12.0 Å². The molecule has 1 unspecified atom stereocenters. The SMILES string of the molecule is O=C(O)C1=CN2C(=O)C(N=Cc3ccccc3)[C@H]2SC1. The molecular weight excluding hydrogens is 276 g/mol. The van der Waals surface area contributed by atoms with Gasteiger partial charge in [0.1, 0.15) is 5.37 Å². The number of benzene rings is 1. The fraction of sp³-hybridized carbons (Fsp3) is 0.214. The number of thioether (sulfide) groups is 1. The molecule has 102 valence electrons. The van der Waals surface area contributed by atoms with Crippen LogP contribution in [0.2, 0.25) is 0 Å². The summed E-state index contributed by atoms with van der Waals surface area (Å²) in [6, 6.07) is 9.16. The molecule has 1 fully saturated rings. The zero-order chi connectivity index (χ0) is 14.1. The molecule has 1 N–H and O–H groups in total. The van der Waals surface area contributed by atoms with Crippen LogP contribution in [0.5, 0.6) is 0 Å². The third kappa shape index (κ3) is 2.22. The van der Waals surface area contributed by atoms with E-state index in [1.54, 1.807) is 6.21 Å². The van der Waals surface area contributed by atoms with Gasteiger partial charge < -0.3 is 10.0 Å². The number of carbonyl (C=O) groups excluding carboxylic acids is 1. The van der Waals surface area contributed by atoms with Crippen LogP contribution in [-0.4, -0.2) is 45.3 Å². The van der Waals surface area contributed by atoms with Gasteiger partial charge in [-0.25, -0.2) is 4.79 Å². The second kappa shape index (κ2) is 5.13. The number of aliphatic carboxylic acids is 1. The first kappa shape index (κ1) is 12.9. The molecule has 6 heteroatoms. The highest BCUT2D eigenvalue weighted by Gasteiger charge is 2.49. The van der Waals surface area contributed by atoms with Crippen molar-refractivity contribution in [2.75, 3.05) is 5.75 Å². The highest BCUT2D eigenvalue weighted by molar-refractivity contribution is 8.00. The quantitative estimate of drug-likeness (QED) is 0.673. The first-order chi connectivity index (χ1) is 9.66. The number of nitrogens with zero attached hydrogens (tertiary/aromatic N) is 2. The molecule has 1 amide bonds. The summed E-state index contributed by atoms with van der Waals surface area (Å²) < 4.78 is 0. The summed E-state index contributed by atoms with van der Waals surface area (Å²) >= 11 is 1.44. The Labute approximate surface area is 120 Å². The minimum absolute atomic E-state index is 0.0782. The lowest BCUT2D eigenvalue weighted by Crippen LogP contribution is -2.61. The number of aliphatic imine (C=N–C) groups is 1. The molecule has 0 bridgehead atoms. The number of amides is 1. The van der Waals surface area contributed by atoms with E-state index in [1.807, 2.05) is 30.3 Å². The van der Waals surface area contributed by atoms with Crippen molar-refractivity contribution in [1.82, 2.24) is 4.90 Å². The maximum atomic E-state index is 11.9. The van der Waals surface area contributed by atoms with E-state index in [-0.39, 0.29) is 16.9 Å². The fourth-order valence-corrected chi connectivity index (χ4v) is 3.36. The summed E-state index contributed by atoms with van der Waals surface area (Å²) in [5, 5.41) is 8.84. The van der Waals surface area contributed by atoms with Crippen molar-refractivity contribution < 1.29 is 14.7 Å². The van der Waals surface area contributed by atoms with E-state index >= 15 is 0 Å². The summed E-state index contributed by atoms with van der Waals surface area (Å²) in [4.78, 5) is 28.6. The van der Waals surface area contributed by atoms with Gasteiger partial charge in [0.05, 0.1) is 5.57 Å². The van der Waals surface area contributed by atoms with Crippen LogP contribution in [-0.2, 0) is 9.59 Å². The normalized spacial score (nSPS) is 25.1. The predicted octanol–water partition coefficient (Wildman–Crippen LogP) is 1.36. The molecule has 20 heavy (non-hydrogen) atoms.